The van der Waals surface area contributed by atoms with Gasteiger partial charge in [0.05, 0.1) is 13.2 Å². The summed E-state index contributed by atoms with van der Waals surface area (Å²) in [7, 11) is 1.65. The Morgan fingerprint density at radius 3 is 2.75 bits per heavy atom. The van der Waals surface area contributed by atoms with E-state index in [4.69, 9.17) is 4.74 Å². The van der Waals surface area contributed by atoms with Gasteiger partial charge >= 0.3 is 0 Å². The molecule has 2 N–H and O–H groups in total. The molecule has 0 aromatic heterocycles. The highest BCUT2D eigenvalue weighted by Crippen LogP contribution is 2.34. The minimum atomic E-state index is -0.516. The maximum atomic E-state index is 10.4. The van der Waals surface area contributed by atoms with Gasteiger partial charge in [-0.2, -0.15) is 0 Å². The van der Waals surface area contributed by atoms with Gasteiger partial charge in [0.25, 0.3) is 0 Å². The van der Waals surface area contributed by atoms with Gasteiger partial charge in [0.1, 0.15) is 5.75 Å². The van der Waals surface area contributed by atoms with Gasteiger partial charge in [-0.1, -0.05) is 31.4 Å². The molecule has 3 nitrogen and oxygen atoms in total. The number of ether oxygens (including phenoxy) is 1. The number of rotatable bonds is 8. The normalized spacial score (nSPS) is 17.8. The van der Waals surface area contributed by atoms with E-state index in [1.54, 1.807) is 7.11 Å². The summed E-state index contributed by atoms with van der Waals surface area (Å²) in [6.07, 6.45) is 4.61. The Morgan fingerprint density at radius 1 is 1.40 bits per heavy atom. The first-order valence-electron chi connectivity index (χ1n) is 7.70. The minimum Gasteiger partial charge on any atom is -0.496 e. The molecule has 0 radical (unpaired) electrons. The first kappa shape index (κ1) is 15.3. The number of benzene rings is 1. The Balaban J connectivity index is 1.92. The van der Waals surface area contributed by atoms with E-state index in [1.807, 2.05) is 25.1 Å². The van der Waals surface area contributed by atoms with Crippen molar-refractivity contribution in [1.29, 1.82) is 0 Å². The smallest absolute Gasteiger partial charge is 0.124 e. The maximum absolute atomic E-state index is 10.4. The monoisotopic (exact) mass is 277 g/mol. The Morgan fingerprint density at radius 2 is 2.15 bits per heavy atom. The third-order valence-electron chi connectivity index (χ3n) is 4.15. The number of hydrogen-bond donors (Lipinski definition) is 2. The minimum absolute atomic E-state index is 0.516. The molecular weight excluding hydrogens is 250 g/mol. The van der Waals surface area contributed by atoms with Crippen molar-refractivity contribution in [3.8, 4) is 5.75 Å². The van der Waals surface area contributed by atoms with Gasteiger partial charge in [-0.25, -0.2) is 0 Å². The van der Waals surface area contributed by atoms with E-state index < -0.39 is 6.10 Å². The summed E-state index contributed by atoms with van der Waals surface area (Å²) in [5.74, 6) is 1.68. The molecule has 1 fully saturated rings. The highest BCUT2D eigenvalue weighted by atomic mass is 16.5. The second-order valence-electron chi connectivity index (χ2n) is 5.95. The maximum Gasteiger partial charge on any atom is 0.124 e. The zero-order chi connectivity index (χ0) is 14.5. The van der Waals surface area contributed by atoms with Crippen molar-refractivity contribution in [2.75, 3.05) is 13.7 Å². The number of aliphatic hydroxyl groups is 1. The van der Waals surface area contributed by atoms with Crippen molar-refractivity contribution in [2.24, 2.45) is 5.92 Å². The molecule has 1 aromatic carbocycles. The molecule has 0 amide bonds. The molecule has 1 aromatic rings. The Labute approximate surface area is 122 Å². The summed E-state index contributed by atoms with van der Waals surface area (Å²) in [5, 5.41) is 13.9. The Bertz CT molecular complexity index is 429. The van der Waals surface area contributed by atoms with E-state index in [9.17, 15) is 5.11 Å². The molecule has 2 unspecified atom stereocenters. The van der Waals surface area contributed by atoms with Crippen LogP contribution in [0.3, 0.4) is 0 Å². The van der Waals surface area contributed by atoms with Crippen molar-refractivity contribution < 1.29 is 9.84 Å². The third-order valence-corrected chi connectivity index (χ3v) is 4.15. The fraction of sp³-hybridized carbons (Fsp3) is 0.647. The highest BCUT2D eigenvalue weighted by molar-refractivity contribution is 5.38. The van der Waals surface area contributed by atoms with Gasteiger partial charge in [-0.3, -0.25) is 0 Å². The number of hydrogen-bond acceptors (Lipinski definition) is 3. The molecule has 2 atom stereocenters. The van der Waals surface area contributed by atoms with Crippen LogP contribution in [0.1, 0.15) is 49.8 Å². The molecule has 1 saturated carbocycles. The van der Waals surface area contributed by atoms with Crippen LogP contribution in [0.15, 0.2) is 18.2 Å². The fourth-order valence-corrected chi connectivity index (χ4v) is 2.65. The second-order valence-corrected chi connectivity index (χ2v) is 5.95. The first-order valence-corrected chi connectivity index (χ1v) is 7.70. The zero-order valence-corrected chi connectivity index (χ0v) is 12.9. The summed E-state index contributed by atoms with van der Waals surface area (Å²) >= 11 is 0. The lowest BCUT2D eigenvalue weighted by atomic mass is 10.0. The van der Waals surface area contributed by atoms with Crippen LogP contribution in [0, 0.1) is 12.8 Å². The lowest BCUT2D eigenvalue weighted by Gasteiger charge is -2.21. The summed E-state index contributed by atoms with van der Waals surface area (Å²) in [6.45, 7) is 4.83. The average Bonchev–Trinajstić information content (AvgIpc) is 3.27. The van der Waals surface area contributed by atoms with Gasteiger partial charge in [0.15, 0.2) is 0 Å². The molecule has 0 spiro atoms. The summed E-state index contributed by atoms with van der Waals surface area (Å²) in [4.78, 5) is 0. The molecule has 1 aliphatic carbocycles. The van der Waals surface area contributed by atoms with Crippen LogP contribution in [0.25, 0.3) is 0 Å². The Hall–Kier alpha value is -1.06. The Kier molecular flexibility index (Phi) is 5.44. The predicted octanol–water partition coefficient (Wildman–Crippen LogP) is 3.21. The van der Waals surface area contributed by atoms with Crippen molar-refractivity contribution in [1.82, 2.24) is 5.32 Å². The van der Waals surface area contributed by atoms with E-state index in [0.29, 0.717) is 12.6 Å². The summed E-state index contributed by atoms with van der Waals surface area (Å²) < 4.78 is 5.34. The number of methoxy groups -OCH3 is 1. The molecule has 0 heterocycles. The van der Waals surface area contributed by atoms with Crippen molar-refractivity contribution in [3.63, 3.8) is 0 Å². The van der Waals surface area contributed by atoms with Crippen LogP contribution in [0.5, 0.6) is 5.75 Å². The number of nitrogens with one attached hydrogen (secondary N) is 1. The molecule has 112 valence electrons. The standard InChI is InChI=1S/C17H27NO2/c1-4-14(10-13-6-7-13)18-11-16(19)15-9-12(2)5-8-17(15)20-3/h5,8-9,13-14,16,18-19H,4,6-7,10-11H2,1-3H3. The van der Waals surface area contributed by atoms with Crippen molar-refractivity contribution in [3.05, 3.63) is 29.3 Å². The van der Waals surface area contributed by atoms with Gasteiger partial charge < -0.3 is 15.2 Å². The molecule has 0 aliphatic heterocycles. The van der Waals surface area contributed by atoms with Crippen LogP contribution >= 0.6 is 0 Å². The molecule has 0 saturated heterocycles. The topological polar surface area (TPSA) is 41.5 Å². The predicted molar refractivity (Wildman–Crippen MR) is 82.1 cm³/mol. The van der Waals surface area contributed by atoms with E-state index in [1.165, 1.54) is 19.3 Å². The van der Waals surface area contributed by atoms with E-state index in [-0.39, 0.29) is 0 Å². The molecular formula is C17H27NO2. The quantitative estimate of drug-likeness (QED) is 0.766. The highest BCUT2D eigenvalue weighted by Gasteiger charge is 2.25. The van der Waals surface area contributed by atoms with Gasteiger partial charge in [-0.05, 0) is 37.8 Å². The first-order chi connectivity index (χ1) is 9.63. The van der Waals surface area contributed by atoms with Crippen LogP contribution in [0.2, 0.25) is 0 Å². The van der Waals surface area contributed by atoms with Crippen LogP contribution in [-0.2, 0) is 0 Å². The van der Waals surface area contributed by atoms with E-state index in [2.05, 4.69) is 12.2 Å². The van der Waals surface area contributed by atoms with Gasteiger partial charge in [0, 0.05) is 18.2 Å². The zero-order valence-electron chi connectivity index (χ0n) is 12.9. The van der Waals surface area contributed by atoms with E-state index >= 15 is 0 Å². The van der Waals surface area contributed by atoms with Crippen molar-refractivity contribution >= 4 is 0 Å². The SMILES string of the molecule is CCC(CC1CC1)NCC(O)c1cc(C)ccc1OC. The molecule has 1 aliphatic rings. The molecule has 3 heteroatoms. The van der Waals surface area contributed by atoms with Crippen molar-refractivity contribution in [2.45, 2.75) is 51.7 Å². The second kappa shape index (κ2) is 7.09. The van der Waals surface area contributed by atoms with E-state index in [0.717, 1.165) is 29.2 Å². The lowest BCUT2D eigenvalue weighted by molar-refractivity contribution is 0.164. The van der Waals surface area contributed by atoms with Gasteiger partial charge in [-0.15, -0.1) is 0 Å². The molecule has 20 heavy (non-hydrogen) atoms. The third kappa shape index (κ3) is 4.22. The van der Waals surface area contributed by atoms with Crippen LogP contribution < -0.4 is 10.1 Å². The summed E-state index contributed by atoms with van der Waals surface area (Å²) in [5.41, 5.74) is 2.02. The lowest BCUT2D eigenvalue weighted by Crippen LogP contribution is -2.32. The van der Waals surface area contributed by atoms with Crippen LogP contribution in [-0.4, -0.2) is 24.8 Å². The number of aryl methyl sites for hydroxylation is 1. The molecule has 2 rings (SSSR count). The summed E-state index contributed by atoms with van der Waals surface area (Å²) in [6, 6.07) is 6.46. The van der Waals surface area contributed by atoms with Crippen LogP contribution in [0.4, 0.5) is 0 Å². The molecule has 0 bridgehead atoms. The average molecular weight is 277 g/mol. The number of aliphatic hydroxyl groups excluding tert-OH is 1. The largest absolute Gasteiger partial charge is 0.496 e. The van der Waals surface area contributed by atoms with Gasteiger partial charge in [0.2, 0.25) is 0 Å². The fourth-order valence-electron chi connectivity index (χ4n) is 2.65.